The summed E-state index contributed by atoms with van der Waals surface area (Å²) < 4.78 is 11.0. The molecule has 0 saturated heterocycles. The molecule has 96 valence electrons. The second-order valence-electron chi connectivity index (χ2n) is 4.19. The number of rotatable bonds is 7. The van der Waals surface area contributed by atoms with Crippen molar-refractivity contribution < 1.29 is 9.47 Å². The van der Waals surface area contributed by atoms with Crippen LogP contribution in [-0.2, 0) is 0 Å². The number of halogens is 1. The third-order valence-electron chi connectivity index (χ3n) is 2.62. The van der Waals surface area contributed by atoms with Crippen molar-refractivity contribution in [2.24, 2.45) is 0 Å². The van der Waals surface area contributed by atoms with Gasteiger partial charge in [-0.2, -0.15) is 0 Å². The summed E-state index contributed by atoms with van der Waals surface area (Å²) in [5.41, 5.74) is 1.07. The predicted molar refractivity (Wildman–Crippen MR) is 72.4 cm³/mol. The van der Waals surface area contributed by atoms with Gasteiger partial charge in [0.25, 0.3) is 0 Å². The summed E-state index contributed by atoms with van der Waals surface area (Å²) in [6.45, 7) is 4.87. The van der Waals surface area contributed by atoms with E-state index in [4.69, 9.17) is 21.1 Å². The molecule has 0 aliphatic carbocycles. The van der Waals surface area contributed by atoms with Gasteiger partial charge in [0, 0.05) is 0 Å². The molecular formula is C14H21ClO2. The number of hydrogen-bond acceptors (Lipinski definition) is 2. The average Bonchev–Trinajstić information content (AvgIpc) is 2.30. The lowest BCUT2D eigenvalue weighted by molar-refractivity contribution is 0.285. The lowest BCUT2D eigenvalue weighted by Gasteiger charge is -2.13. The summed E-state index contributed by atoms with van der Waals surface area (Å²) >= 11 is 6.15. The van der Waals surface area contributed by atoms with Crippen molar-refractivity contribution in [3.05, 3.63) is 22.7 Å². The molecule has 0 heterocycles. The summed E-state index contributed by atoms with van der Waals surface area (Å²) in [7, 11) is 1.63. The van der Waals surface area contributed by atoms with Crippen LogP contribution in [0.3, 0.4) is 0 Å². The first-order chi connectivity index (χ1) is 8.19. The van der Waals surface area contributed by atoms with Gasteiger partial charge in [-0.3, -0.25) is 0 Å². The largest absolute Gasteiger partial charge is 0.493 e. The Morgan fingerprint density at radius 3 is 2.59 bits per heavy atom. The van der Waals surface area contributed by atoms with Crippen LogP contribution in [0.25, 0.3) is 0 Å². The molecule has 0 aliphatic rings. The van der Waals surface area contributed by atoms with Gasteiger partial charge in [-0.25, -0.2) is 0 Å². The molecule has 0 N–H and O–H groups in total. The number of ether oxygens (including phenoxy) is 2. The summed E-state index contributed by atoms with van der Waals surface area (Å²) in [5, 5.41) is 0.623. The van der Waals surface area contributed by atoms with Gasteiger partial charge in [0.15, 0.2) is 11.5 Å². The zero-order chi connectivity index (χ0) is 12.7. The summed E-state index contributed by atoms with van der Waals surface area (Å²) in [6.07, 6.45) is 4.74. The topological polar surface area (TPSA) is 18.5 Å². The van der Waals surface area contributed by atoms with Crippen LogP contribution in [0.15, 0.2) is 12.1 Å². The fourth-order valence-corrected chi connectivity index (χ4v) is 2.01. The Kier molecular flexibility index (Phi) is 6.20. The van der Waals surface area contributed by atoms with Crippen molar-refractivity contribution in [1.82, 2.24) is 0 Å². The molecule has 0 aliphatic heterocycles. The molecule has 0 radical (unpaired) electrons. The van der Waals surface area contributed by atoms with Gasteiger partial charge in [0.05, 0.1) is 18.7 Å². The molecule has 1 rings (SSSR count). The monoisotopic (exact) mass is 256 g/mol. The maximum atomic E-state index is 6.15. The fourth-order valence-electron chi connectivity index (χ4n) is 1.69. The highest BCUT2D eigenvalue weighted by Gasteiger charge is 2.10. The fraction of sp³-hybridized carbons (Fsp3) is 0.571. The number of unbranched alkanes of at least 4 members (excludes halogenated alkanes) is 3. The van der Waals surface area contributed by atoms with Crippen molar-refractivity contribution in [2.75, 3.05) is 13.7 Å². The van der Waals surface area contributed by atoms with Crippen LogP contribution in [0, 0.1) is 6.92 Å². The number of benzene rings is 1. The smallest absolute Gasteiger partial charge is 0.179 e. The van der Waals surface area contributed by atoms with Crippen LogP contribution in [0.2, 0.25) is 5.02 Å². The van der Waals surface area contributed by atoms with Gasteiger partial charge in [0.1, 0.15) is 0 Å². The second kappa shape index (κ2) is 7.44. The van der Waals surface area contributed by atoms with Crippen LogP contribution in [-0.4, -0.2) is 13.7 Å². The molecule has 0 bridgehead atoms. The van der Waals surface area contributed by atoms with Gasteiger partial charge in [-0.1, -0.05) is 37.8 Å². The molecule has 0 saturated carbocycles. The van der Waals surface area contributed by atoms with E-state index < -0.39 is 0 Å². The summed E-state index contributed by atoms with van der Waals surface area (Å²) in [6, 6.07) is 3.83. The normalized spacial score (nSPS) is 10.4. The van der Waals surface area contributed by atoms with Crippen LogP contribution < -0.4 is 9.47 Å². The Hall–Kier alpha value is -0.890. The van der Waals surface area contributed by atoms with E-state index in [1.165, 1.54) is 19.3 Å². The van der Waals surface area contributed by atoms with E-state index in [2.05, 4.69) is 6.92 Å². The van der Waals surface area contributed by atoms with E-state index in [9.17, 15) is 0 Å². The van der Waals surface area contributed by atoms with Crippen LogP contribution in [0.5, 0.6) is 11.5 Å². The Balaban J connectivity index is 2.57. The number of aryl methyl sites for hydroxylation is 1. The molecule has 0 spiro atoms. The molecular weight excluding hydrogens is 236 g/mol. The maximum absolute atomic E-state index is 6.15. The lowest BCUT2D eigenvalue weighted by atomic mass is 10.2. The molecule has 1 aromatic rings. The van der Waals surface area contributed by atoms with E-state index >= 15 is 0 Å². The van der Waals surface area contributed by atoms with Crippen molar-refractivity contribution in [3.8, 4) is 11.5 Å². The van der Waals surface area contributed by atoms with E-state index in [1.807, 2.05) is 19.1 Å². The van der Waals surface area contributed by atoms with Gasteiger partial charge < -0.3 is 9.47 Å². The van der Waals surface area contributed by atoms with Crippen LogP contribution >= 0.6 is 11.6 Å². The minimum atomic E-state index is 0.623. The van der Waals surface area contributed by atoms with E-state index in [0.29, 0.717) is 23.1 Å². The first-order valence-corrected chi connectivity index (χ1v) is 6.53. The average molecular weight is 257 g/mol. The first kappa shape index (κ1) is 14.2. The van der Waals surface area contributed by atoms with Gasteiger partial charge in [-0.05, 0) is 31.0 Å². The Morgan fingerprint density at radius 1 is 1.18 bits per heavy atom. The quantitative estimate of drug-likeness (QED) is 0.663. The maximum Gasteiger partial charge on any atom is 0.179 e. The van der Waals surface area contributed by atoms with Crippen LogP contribution in [0.1, 0.15) is 38.2 Å². The highest BCUT2D eigenvalue weighted by molar-refractivity contribution is 6.32. The SMILES string of the molecule is CCCCCCOc1c(Cl)cc(C)cc1OC. The highest BCUT2D eigenvalue weighted by atomic mass is 35.5. The zero-order valence-electron chi connectivity index (χ0n) is 10.9. The van der Waals surface area contributed by atoms with Gasteiger partial charge >= 0.3 is 0 Å². The van der Waals surface area contributed by atoms with Crippen molar-refractivity contribution in [2.45, 2.75) is 39.5 Å². The second-order valence-corrected chi connectivity index (χ2v) is 4.59. The van der Waals surface area contributed by atoms with Gasteiger partial charge in [0.2, 0.25) is 0 Å². The standard InChI is InChI=1S/C14H21ClO2/c1-4-5-6-7-8-17-14-12(15)9-11(2)10-13(14)16-3/h9-10H,4-8H2,1-3H3. The van der Waals surface area contributed by atoms with Gasteiger partial charge in [-0.15, -0.1) is 0 Å². The Labute approximate surface area is 109 Å². The number of methoxy groups -OCH3 is 1. The van der Waals surface area contributed by atoms with Crippen molar-refractivity contribution in [1.29, 1.82) is 0 Å². The van der Waals surface area contributed by atoms with Crippen molar-refractivity contribution in [3.63, 3.8) is 0 Å². The van der Waals surface area contributed by atoms with E-state index in [0.717, 1.165) is 12.0 Å². The molecule has 2 nitrogen and oxygen atoms in total. The Bertz CT molecular complexity index is 350. The summed E-state index contributed by atoms with van der Waals surface area (Å²) in [4.78, 5) is 0. The molecule has 17 heavy (non-hydrogen) atoms. The molecule has 0 atom stereocenters. The summed E-state index contributed by atoms with van der Waals surface area (Å²) in [5.74, 6) is 1.38. The number of hydrogen-bond donors (Lipinski definition) is 0. The third-order valence-corrected chi connectivity index (χ3v) is 2.90. The third kappa shape index (κ3) is 4.47. The molecule has 3 heteroatoms. The Morgan fingerprint density at radius 2 is 1.94 bits per heavy atom. The lowest BCUT2D eigenvalue weighted by Crippen LogP contribution is -2.00. The minimum absolute atomic E-state index is 0.623. The molecule has 0 fully saturated rings. The molecule has 0 aromatic heterocycles. The zero-order valence-corrected chi connectivity index (χ0v) is 11.6. The molecule has 1 aromatic carbocycles. The highest BCUT2D eigenvalue weighted by Crippen LogP contribution is 2.36. The minimum Gasteiger partial charge on any atom is -0.493 e. The first-order valence-electron chi connectivity index (χ1n) is 6.16. The predicted octanol–water partition coefficient (Wildman–Crippen LogP) is 4.62. The molecule has 0 amide bonds. The van der Waals surface area contributed by atoms with Crippen molar-refractivity contribution >= 4 is 11.6 Å². The molecule has 0 unspecified atom stereocenters. The van der Waals surface area contributed by atoms with Crippen LogP contribution in [0.4, 0.5) is 0 Å². The van der Waals surface area contributed by atoms with E-state index in [1.54, 1.807) is 7.11 Å². The van der Waals surface area contributed by atoms with E-state index in [-0.39, 0.29) is 0 Å².